The Hall–Kier alpha value is -8.46. The summed E-state index contributed by atoms with van der Waals surface area (Å²) in [5.41, 5.74) is 24.4. The van der Waals surface area contributed by atoms with Gasteiger partial charge in [0.1, 0.15) is 0 Å². The quantitative estimate of drug-likeness (QED) is 0.155. The van der Waals surface area contributed by atoms with E-state index in [-0.39, 0.29) is 5.41 Å². The van der Waals surface area contributed by atoms with E-state index in [9.17, 15) is 0 Å². The van der Waals surface area contributed by atoms with Gasteiger partial charge in [-0.25, -0.2) is 0 Å². The van der Waals surface area contributed by atoms with Gasteiger partial charge < -0.3 is 9.47 Å². The number of para-hydroxylation sites is 2. The largest absolute Gasteiger partial charge is 0.310 e. The predicted molar refractivity (Wildman–Crippen MR) is 282 cm³/mol. The normalized spacial score (nSPS) is 13.0. The van der Waals surface area contributed by atoms with Gasteiger partial charge in [-0.3, -0.25) is 0 Å². The van der Waals surface area contributed by atoms with E-state index in [4.69, 9.17) is 0 Å². The van der Waals surface area contributed by atoms with Crippen molar-refractivity contribution < 1.29 is 0 Å². The van der Waals surface area contributed by atoms with Crippen molar-refractivity contribution in [3.05, 3.63) is 276 Å². The van der Waals surface area contributed by atoms with Gasteiger partial charge in [-0.2, -0.15) is 0 Å². The summed E-state index contributed by atoms with van der Waals surface area (Å²) in [6, 6.07) is 89.4. The van der Waals surface area contributed by atoms with Crippen LogP contribution in [0, 0.1) is 0 Å². The molecule has 0 amide bonds. The first-order valence-electron chi connectivity index (χ1n) is 23.3. The third kappa shape index (κ3) is 6.18. The van der Waals surface area contributed by atoms with Crippen molar-refractivity contribution in [3.8, 4) is 39.1 Å². The van der Waals surface area contributed by atoms with Gasteiger partial charge in [0.2, 0.25) is 0 Å². The second kappa shape index (κ2) is 15.3. The second-order valence-corrected chi connectivity index (χ2v) is 18.5. The molecule has 0 radical (unpaired) electrons. The number of rotatable bonds is 7. The number of benzene rings is 10. The van der Waals surface area contributed by atoms with Crippen LogP contribution in [0.4, 0.5) is 17.1 Å². The highest BCUT2D eigenvalue weighted by atomic mass is 15.1. The molecule has 1 aromatic heterocycles. The zero-order chi connectivity index (χ0) is 44.6. The number of hydrogen-bond acceptors (Lipinski definition) is 1. The van der Waals surface area contributed by atoms with Gasteiger partial charge >= 0.3 is 0 Å². The number of nitrogens with zero attached hydrogens (tertiary/aromatic N) is 2. The van der Waals surface area contributed by atoms with E-state index in [1.165, 1.54) is 105 Å². The first kappa shape index (κ1) is 39.0. The average Bonchev–Trinajstić information content (AvgIpc) is 3.97. The SMILES string of the molecule is CC1(C)c2ccccc2-c2ccc(N(c3ccc(-c4ccc5c(c4)c4ccccc4n5-c4ccccc4)cc3)c3ccc4c(c3)C(=C(c3ccccc3)c3ccccc3)c3ccccc3-4)cc21. The molecule has 0 spiro atoms. The van der Waals surface area contributed by atoms with Crippen LogP contribution in [0.5, 0.6) is 0 Å². The van der Waals surface area contributed by atoms with E-state index >= 15 is 0 Å². The Morgan fingerprint density at radius 1 is 0.358 bits per heavy atom. The Morgan fingerprint density at radius 2 is 0.881 bits per heavy atom. The van der Waals surface area contributed by atoms with Gasteiger partial charge in [-0.1, -0.05) is 190 Å². The Bertz CT molecular complexity index is 3700. The topological polar surface area (TPSA) is 8.17 Å². The molecule has 0 unspecified atom stereocenters. The highest BCUT2D eigenvalue weighted by Gasteiger charge is 2.36. The van der Waals surface area contributed by atoms with Crippen LogP contribution < -0.4 is 4.90 Å². The van der Waals surface area contributed by atoms with Crippen LogP contribution in [-0.4, -0.2) is 4.57 Å². The molecule has 0 saturated carbocycles. The van der Waals surface area contributed by atoms with Gasteiger partial charge in [0.25, 0.3) is 0 Å². The Kier molecular flexibility index (Phi) is 8.91. The second-order valence-electron chi connectivity index (χ2n) is 18.5. The molecule has 0 saturated heterocycles. The van der Waals surface area contributed by atoms with Crippen LogP contribution in [0.2, 0.25) is 0 Å². The minimum absolute atomic E-state index is 0.143. The molecule has 0 N–H and O–H groups in total. The van der Waals surface area contributed by atoms with Gasteiger partial charge in [-0.15, -0.1) is 0 Å². The minimum atomic E-state index is -0.143. The molecular formula is C65H46N2. The molecule has 2 heteroatoms. The number of hydrogen-bond donors (Lipinski definition) is 0. The van der Waals surface area contributed by atoms with Gasteiger partial charge in [-0.05, 0) is 145 Å². The van der Waals surface area contributed by atoms with Crippen molar-refractivity contribution in [1.82, 2.24) is 4.57 Å². The molecule has 2 aliphatic rings. The standard InChI is InChI=1S/C65H46N2/c1-65(2)59-28-16-14-25-53(59)54-38-36-50(42-60(54)65)66(48-33-30-43(31-34-48)46-32-39-62-57(40-46)55-26-15-17-29-61(55)67(62)47-22-10-5-11-23-47)49-35-37-52-51-24-12-13-27-56(51)64(58(52)41-49)63(44-18-6-3-7-19-44)45-20-8-4-9-21-45/h3-42H,1-2H3. The third-order valence-electron chi connectivity index (χ3n) is 14.4. The number of anilines is 3. The molecule has 0 fully saturated rings. The average molecular weight is 855 g/mol. The third-order valence-corrected chi connectivity index (χ3v) is 14.4. The summed E-state index contributed by atoms with van der Waals surface area (Å²) in [4.78, 5) is 2.46. The highest BCUT2D eigenvalue weighted by Crippen LogP contribution is 2.53. The van der Waals surface area contributed by atoms with Crippen molar-refractivity contribution >= 4 is 50.0 Å². The fourth-order valence-electron chi connectivity index (χ4n) is 11.2. The first-order valence-corrected chi connectivity index (χ1v) is 23.3. The highest BCUT2D eigenvalue weighted by molar-refractivity contribution is 6.14. The Morgan fingerprint density at radius 3 is 1.61 bits per heavy atom. The van der Waals surface area contributed by atoms with Crippen LogP contribution in [-0.2, 0) is 5.41 Å². The maximum atomic E-state index is 2.46. The van der Waals surface area contributed by atoms with Crippen molar-refractivity contribution in [1.29, 1.82) is 0 Å². The molecule has 2 aliphatic carbocycles. The van der Waals surface area contributed by atoms with Crippen LogP contribution in [0.15, 0.2) is 243 Å². The molecule has 1 heterocycles. The van der Waals surface area contributed by atoms with E-state index in [2.05, 4.69) is 266 Å². The van der Waals surface area contributed by atoms with Crippen LogP contribution in [0.1, 0.15) is 47.2 Å². The minimum Gasteiger partial charge on any atom is -0.310 e. The van der Waals surface area contributed by atoms with Crippen molar-refractivity contribution in [2.24, 2.45) is 0 Å². The molecule has 13 rings (SSSR count). The summed E-state index contributed by atoms with van der Waals surface area (Å²) in [6.07, 6.45) is 0. The fourth-order valence-corrected chi connectivity index (χ4v) is 11.2. The zero-order valence-electron chi connectivity index (χ0n) is 37.5. The molecule has 2 nitrogen and oxygen atoms in total. The summed E-state index contributed by atoms with van der Waals surface area (Å²) in [5, 5.41) is 2.50. The van der Waals surface area contributed by atoms with Crippen molar-refractivity contribution in [3.63, 3.8) is 0 Å². The summed E-state index contributed by atoms with van der Waals surface area (Å²) in [5.74, 6) is 0. The summed E-state index contributed by atoms with van der Waals surface area (Å²) >= 11 is 0. The zero-order valence-corrected chi connectivity index (χ0v) is 37.5. The smallest absolute Gasteiger partial charge is 0.0541 e. The van der Waals surface area contributed by atoms with E-state index in [1.54, 1.807) is 0 Å². The summed E-state index contributed by atoms with van der Waals surface area (Å²) < 4.78 is 2.38. The molecule has 316 valence electrons. The molecule has 11 aromatic rings. The van der Waals surface area contributed by atoms with E-state index in [0.29, 0.717) is 0 Å². The Balaban J connectivity index is 0.988. The van der Waals surface area contributed by atoms with Gasteiger partial charge in [0, 0.05) is 38.9 Å². The van der Waals surface area contributed by atoms with Crippen molar-refractivity contribution in [2.75, 3.05) is 4.90 Å². The van der Waals surface area contributed by atoms with E-state index in [1.807, 2.05) is 0 Å². The van der Waals surface area contributed by atoms with Crippen LogP contribution in [0.3, 0.4) is 0 Å². The first-order chi connectivity index (χ1) is 33.0. The molecular weight excluding hydrogens is 809 g/mol. The molecule has 67 heavy (non-hydrogen) atoms. The molecule has 0 aliphatic heterocycles. The monoisotopic (exact) mass is 854 g/mol. The lowest BCUT2D eigenvalue weighted by atomic mass is 9.82. The van der Waals surface area contributed by atoms with Gasteiger partial charge in [0.05, 0.1) is 11.0 Å². The van der Waals surface area contributed by atoms with Crippen LogP contribution >= 0.6 is 0 Å². The maximum absolute atomic E-state index is 2.46. The van der Waals surface area contributed by atoms with Gasteiger partial charge in [0.15, 0.2) is 0 Å². The lowest BCUT2D eigenvalue weighted by Gasteiger charge is -2.29. The van der Waals surface area contributed by atoms with E-state index in [0.717, 1.165) is 17.1 Å². The molecule has 0 atom stereocenters. The number of aromatic nitrogens is 1. The van der Waals surface area contributed by atoms with Crippen molar-refractivity contribution in [2.45, 2.75) is 19.3 Å². The lowest BCUT2D eigenvalue weighted by molar-refractivity contribution is 0.660. The maximum Gasteiger partial charge on any atom is 0.0541 e. The van der Waals surface area contributed by atoms with E-state index < -0.39 is 0 Å². The predicted octanol–water partition coefficient (Wildman–Crippen LogP) is 17.2. The molecule has 10 aromatic carbocycles. The summed E-state index contributed by atoms with van der Waals surface area (Å²) in [6.45, 7) is 4.74. The fraction of sp³-hybridized carbons (Fsp3) is 0.0462. The lowest BCUT2D eigenvalue weighted by Crippen LogP contribution is -2.16. The molecule has 0 bridgehead atoms. The Labute approximate surface area is 392 Å². The summed E-state index contributed by atoms with van der Waals surface area (Å²) in [7, 11) is 0. The van der Waals surface area contributed by atoms with Crippen LogP contribution in [0.25, 0.3) is 72.0 Å². The number of fused-ring (bicyclic) bond motifs is 9.